The van der Waals surface area contributed by atoms with Crippen LogP contribution < -0.4 is 14.8 Å². The molecule has 5 nitrogen and oxygen atoms in total. The van der Waals surface area contributed by atoms with Crippen LogP contribution in [0.1, 0.15) is 16.1 Å². The van der Waals surface area contributed by atoms with Crippen LogP contribution in [-0.2, 0) is 0 Å². The molecule has 142 valence electrons. The number of halogens is 1. The highest BCUT2D eigenvalue weighted by molar-refractivity contribution is 6.32. The largest absolute Gasteiger partial charge is 0.495 e. The van der Waals surface area contributed by atoms with Crippen molar-refractivity contribution in [3.63, 3.8) is 0 Å². The molecule has 1 aromatic heterocycles. The normalized spacial score (nSPS) is 11.0. The third kappa shape index (κ3) is 2.94. The van der Waals surface area contributed by atoms with Crippen LogP contribution in [-0.4, -0.2) is 20.1 Å². The van der Waals surface area contributed by atoms with Gasteiger partial charge in [-0.25, -0.2) is 0 Å². The van der Waals surface area contributed by atoms with E-state index in [4.69, 9.17) is 25.5 Å². The molecule has 6 heteroatoms. The molecule has 1 amide bonds. The van der Waals surface area contributed by atoms with Crippen molar-refractivity contribution in [2.45, 2.75) is 6.92 Å². The number of carbonyl (C=O) groups is 1. The minimum atomic E-state index is -0.375. The van der Waals surface area contributed by atoms with E-state index >= 15 is 0 Å². The number of anilines is 1. The lowest BCUT2D eigenvalue weighted by Crippen LogP contribution is -2.13. The fourth-order valence-corrected chi connectivity index (χ4v) is 3.53. The van der Waals surface area contributed by atoms with Crippen LogP contribution in [0.5, 0.6) is 11.5 Å². The first-order valence-electron chi connectivity index (χ1n) is 8.67. The zero-order valence-electron chi connectivity index (χ0n) is 15.6. The number of hydrogen-bond donors (Lipinski definition) is 1. The van der Waals surface area contributed by atoms with Crippen molar-refractivity contribution in [2.75, 3.05) is 19.5 Å². The van der Waals surface area contributed by atoms with Gasteiger partial charge in [-0.1, -0.05) is 48.0 Å². The maximum absolute atomic E-state index is 13.0. The van der Waals surface area contributed by atoms with Crippen LogP contribution in [0, 0.1) is 6.92 Å². The molecule has 1 heterocycles. The number of aryl methyl sites for hydroxylation is 1. The van der Waals surface area contributed by atoms with Crippen molar-refractivity contribution < 1.29 is 18.7 Å². The van der Waals surface area contributed by atoms with Crippen LogP contribution in [0.2, 0.25) is 5.02 Å². The van der Waals surface area contributed by atoms with E-state index in [0.717, 1.165) is 21.7 Å². The highest BCUT2D eigenvalue weighted by Gasteiger charge is 2.21. The standard InChI is InChI=1S/C22H18ClNO4/c1-12-14-9-8-13-6-4-5-7-15(13)21(14)28-20(12)22(25)24-17-11-18(26-2)16(23)10-19(17)27-3/h4-11H,1-3H3,(H,24,25). The van der Waals surface area contributed by atoms with Crippen molar-refractivity contribution >= 4 is 44.9 Å². The van der Waals surface area contributed by atoms with E-state index < -0.39 is 0 Å². The third-order valence-electron chi connectivity index (χ3n) is 4.76. The van der Waals surface area contributed by atoms with Gasteiger partial charge in [-0.15, -0.1) is 0 Å². The summed E-state index contributed by atoms with van der Waals surface area (Å²) in [7, 11) is 3.01. The molecule has 0 saturated heterocycles. The number of carbonyl (C=O) groups excluding carboxylic acids is 1. The van der Waals surface area contributed by atoms with E-state index in [-0.39, 0.29) is 11.7 Å². The summed E-state index contributed by atoms with van der Waals surface area (Å²) in [5.41, 5.74) is 1.91. The Morgan fingerprint density at radius 3 is 2.50 bits per heavy atom. The molecular formula is C22H18ClNO4. The van der Waals surface area contributed by atoms with Crippen LogP contribution in [0.15, 0.2) is 52.9 Å². The molecule has 0 aliphatic heterocycles. The minimum Gasteiger partial charge on any atom is -0.495 e. The van der Waals surface area contributed by atoms with E-state index in [0.29, 0.717) is 27.8 Å². The quantitative estimate of drug-likeness (QED) is 0.473. The molecule has 0 atom stereocenters. The monoisotopic (exact) mass is 395 g/mol. The molecule has 1 N–H and O–H groups in total. The first kappa shape index (κ1) is 18.2. The number of methoxy groups -OCH3 is 2. The summed E-state index contributed by atoms with van der Waals surface area (Å²) in [5.74, 6) is 0.742. The number of hydrogen-bond acceptors (Lipinski definition) is 4. The molecule has 28 heavy (non-hydrogen) atoms. The van der Waals surface area contributed by atoms with Gasteiger partial charge in [-0.3, -0.25) is 4.79 Å². The summed E-state index contributed by atoms with van der Waals surface area (Å²) in [6, 6.07) is 15.1. The average Bonchev–Trinajstić information content (AvgIpc) is 3.06. The van der Waals surface area contributed by atoms with Crippen molar-refractivity contribution in [1.82, 2.24) is 0 Å². The smallest absolute Gasteiger partial charge is 0.291 e. The second-order valence-electron chi connectivity index (χ2n) is 6.36. The zero-order valence-corrected chi connectivity index (χ0v) is 16.4. The zero-order chi connectivity index (χ0) is 19.8. The van der Waals surface area contributed by atoms with E-state index in [1.807, 2.05) is 43.3 Å². The maximum atomic E-state index is 13.0. The van der Waals surface area contributed by atoms with E-state index in [9.17, 15) is 4.79 Å². The topological polar surface area (TPSA) is 60.7 Å². The number of benzene rings is 3. The summed E-state index contributed by atoms with van der Waals surface area (Å²) >= 11 is 6.13. The first-order valence-corrected chi connectivity index (χ1v) is 9.05. The van der Waals surface area contributed by atoms with E-state index in [1.54, 1.807) is 12.1 Å². The maximum Gasteiger partial charge on any atom is 0.291 e. The Hall–Kier alpha value is -3.18. The van der Waals surface area contributed by atoms with Gasteiger partial charge in [0.15, 0.2) is 5.76 Å². The predicted octanol–water partition coefficient (Wildman–Crippen LogP) is 5.82. The second-order valence-corrected chi connectivity index (χ2v) is 6.77. The summed E-state index contributed by atoms with van der Waals surface area (Å²) in [4.78, 5) is 13.0. The summed E-state index contributed by atoms with van der Waals surface area (Å²) < 4.78 is 16.5. The molecule has 0 unspecified atom stereocenters. The minimum absolute atomic E-state index is 0.252. The van der Waals surface area contributed by atoms with Gasteiger partial charge in [0.1, 0.15) is 17.1 Å². The number of fused-ring (bicyclic) bond motifs is 3. The lowest BCUT2D eigenvalue weighted by atomic mass is 10.1. The number of rotatable bonds is 4. The molecule has 3 aromatic carbocycles. The molecule has 0 spiro atoms. The number of nitrogens with one attached hydrogen (secondary N) is 1. The number of ether oxygens (including phenoxy) is 2. The SMILES string of the molecule is COc1cc(NC(=O)c2oc3c(ccc4ccccc43)c2C)c(OC)cc1Cl. The molecule has 0 aliphatic rings. The van der Waals surface area contributed by atoms with Crippen LogP contribution >= 0.6 is 11.6 Å². The lowest BCUT2D eigenvalue weighted by molar-refractivity contribution is 0.0997. The molecule has 0 radical (unpaired) electrons. The number of amides is 1. The van der Waals surface area contributed by atoms with Crippen molar-refractivity contribution in [3.05, 3.63) is 64.9 Å². The Labute approximate surface area is 166 Å². The molecule has 0 fully saturated rings. The molecule has 0 aliphatic carbocycles. The lowest BCUT2D eigenvalue weighted by Gasteiger charge is -2.12. The van der Waals surface area contributed by atoms with Crippen molar-refractivity contribution in [1.29, 1.82) is 0 Å². The molecular weight excluding hydrogens is 378 g/mol. The van der Waals surface area contributed by atoms with Gasteiger partial charge in [0, 0.05) is 28.5 Å². The fraction of sp³-hybridized carbons (Fsp3) is 0.136. The van der Waals surface area contributed by atoms with Crippen LogP contribution in [0.3, 0.4) is 0 Å². The average molecular weight is 396 g/mol. The Kier molecular flexibility index (Phi) is 4.61. The highest BCUT2D eigenvalue weighted by atomic mass is 35.5. The Morgan fingerprint density at radius 2 is 1.75 bits per heavy atom. The molecule has 4 aromatic rings. The molecule has 0 bridgehead atoms. The predicted molar refractivity (Wildman–Crippen MR) is 111 cm³/mol. The van der Waals surface area contributed by atoms with E-state index in [1.165, 1.54) is 14.2 Å². The van der Waals surface area contributed by atoms with Gasteiger partial charge in [-0.05, 0) is 12.3 Å². The number of furan rings is 1. The van der Waals surface area contributed by atoms with E-state index in [2.05, 4.69) is 5.32 Å². The summed E-state index contributed by atoms with van der Waals surface area (Å²) in [6.45, 7) is 1.87. The second kappa shape index (κ2) is 7.09. The highest BCUT2D eigenvalue weighted by Crippen LogP contribution is 2.37. The summed E-state index contributed by atoms with van der Waals surface area (Å²) in [5, 5.41) is 6.15. The first-order chi connectivity index (χ1) is 13.5. The van der Waals surface area contributed by atoms with Gasteiger partial charge < -0.3 is 19.2 Å². The van der Waals surface area contributed by atoms with Crippen molar-refractivity contribution in [2.24, 2.45) is 0 Å². The van der Waals surface area contributed by atoms with Gasteiger partial charge in [0.05, 0.1) is 24.9 Å². The van der Waals surface area contributed by atoms with Gasteiger partial charge in [0.2, 0.25) is 0 Å². The molecule has 4 rings (SSSR count). The summed E-state index contributed by atoms with van der Waals surface area (Å²) in [6.07, 6.45) is 0. The van der Waals surface area contributed by atoms with Crippen LogP contribution in [0.4, 0.5) is 5.69 Å². The molecule has 0 saturated carbocycles. The third-order valence-corrected chi connectivity index (χ3v) is 5.05. The Morgan fingerprint density at radius 1 is 1.00 bits per heavy atom. The fourth-order valence-electron chi connectivity index (χ4n) is 3.30. The van der Waals surface area contributed by atoms with Crippen molar-refractivity contribution in [3.8, 4) is 11.5 Å². The Bertz CT molecular complexity index is 1210. The Balaban J connectivity index is 1.78. The van der Waals surface area contributed by atoms with Gasteiger partial charge in [0.25, 0.3) is 5.91 Å². The van der Waals surface area contributed by atoms with Gasteiger partial charge >= 0.3 is 0 Å². The van der Waals surface area contributed by atoms with Gasteiger partial charge in [-0.2, -0.15) is 0 Å². The van der Waals surface area contributed by atoms with Crippen LogP contribution in [0.25, 0.3) is 21.7 Å².